The number of sulfonamides is 1. The summed E-state index contributed by atoms with van der Waals surface area (Å²) in [7, 11) is -3.99. The fourth-order valence-electron chi connectivity index (χ4n) is 3.56. The van der Waals surface area contributed by atoms with Gasteiger partial charge in [-0.05, 0) is 35.7 Å². The third-order valence-corrected chi connectivity index (χ3v) is 6.84. The van der Waals surface area contributed by atoms with Crippen LogP contribution in [0, 0.1) is 0 Å². The summed E-state index contributed by atoms with van der Waals surface area (Å²) in [5.41, 5.74) is 1.37. The summed E-state index contributed by atoms with van der Waals surface area (Å²) in [4.78, 5) is 16.5. The van der Waals surface area contributed by atoms with E-state index in [1.807, 2.05) is 41.1 Å². The van der Waals surface area contributed by atoms with Crippen molar-refractivity contribution in [2.24, 2.45) is 0 Å². The second kappa shape index (κ2) is 8.07. The summed E-state index contributed by atoms with van der Waals surface area (Å²) >= 11 is 0. The molecule has 2 heterocycles. The first-order valence-corrected chi connectivity index (χ1v) is 10.9. The SMILES string of the molecule is O=c1[nH]c2ccc(S(=O)(=O)N(CCO)CC(O)Cn3ccc4ccccc43)cc2[nH]1. The molecule has 2 aromatic carbocycles. The molecule has 9 nitrogen and oxygen atoms in total. The van der Waals surface area contributed by atoms with Crippen molar-refractivity contribution in [3.05, 3.63) is 65.2 Å². The topological polar surface area (TPSA) is 131 Å². The summed E-state index contributed by atoms with van der Waals surface area (Å²) < 4.78 is 29.1. The third kappa shape index (κ3) is 3.90. The largest absolute Gasteiger partial charge is 0.395 e. The van der Waals surface area contributed by atoms with E-state index < -0.39 is 21.8 Å². The van der Waals surface area contributed by atoms with Crippen LogP contribution in [0.2, 0.25) is 0 Å². The summed E-state index contributed by atoms with van der Waals surface area (Å²) in [5.74, 6) is 0. The maximum absolute atomic E-state index is 13.1. The molecule has 2 aromatic heterocycles. The van der Waals surface area contributed by atoms with E-state index in [-0.39, 0.29) is 31.1 Å². The molecule has 0 aliphatic carbocycles. The highest BCUT2D eigenvalue weighted by atomic mass is 32.2. The fourth-order valence-corrected chi connectivity index (χ4v) is 5.06. The fraction of sp³-hybridized carbons (Fsp3) is 0.250. The van der Waals surface area contributed by atoms with Crippen molar-refractivity contribution >= 4 is 32.0 Å². The van der Waals surface area contributed by atoms with Gasteiger partial charge in [0.15, 0.2) is 0 Å². The van der Waals surface area contributed by atoms with Crippen LogP contribution in [0.1, 0.15) is 0 Å². The Morgan fingerprint density at radius 2 is 1.83 bits per heavy atom. The van der Waals surface area contributed by atoms with Crippen LogP contribution in [0.4, 0.5) is 0 Å². The Labute approximate surface area is 172 Å². The first-order chi connectivity index (χ1) is 14.4. The highest BCUT2D eigenvalue weighted by molar-refractivity contribution is 7.89. The Hall–Kier alpha value is -2.92. The van der Waals surface area contributed by atoms with Gasteiger partial charge in [0.2, 0.25) is 10.0 Å². The number of benzene rings is 2. The molecule has 0 bridgehead atoms. The maximum atomic E-state index is 13.1. The number of hydrogen-bond donors (Lipinski definition) is 4. The van der Waals surface area contributed by atoms with Crippen molar-refractivity contribution in [1.82, 2.24) is 18.8 Å². The molecular formula is C20H22N4O5S. The summed E-state index contributed by atoms with van der Waals surface area (Å²) in [6, 6.07) is 13.9. The van der Waals surface area contributed by atoms with Crippen molar-refractivity contribution in [2.45, 2.75) is 17.5 Å². The number of nitrogens with zero attached hydrogens (tertiary/aromatic N) is 2. The zero-order valence-corrected chi connectivity index (χ0v) is 16.8. The molecule has 0 aliphatic heterocycles. The van der Waals surface area contributed by atoms with Gasteiger partial charge in [0.05, 0.1) is 28.6 Å². The van der Waals surface area contributed by atoms with Gasteiger partial charge in [-0.25, -0.2) is 13.2 Å². The van der Waals surface area contributed by atoms with Crippen LogP contribution >= 0.6 is 0 Å². The highest BCUT2D eigenvalue weighted by Gasteiger charge is 2.27. The van der Waals surface area contributed by atoms with Gasteiger partial charge >= 0.3 is 5.69 Å². The Kier molecular flexibility index (Phi) is 5.48. The van der Waals surface area contributed by atoms with Crippen LogP contribution in [0.5, 0.6) is 0 Å². The van der Waals surface area contributed by atoms with Gasteiger partial charge in [0.1, 0.15) is 0 Å². The normalized spacial score (nSPS) is 13.4. The number of aliphatic hydroxyl groups excluding tert-OH is 2. The lowest BCUT2D eigenvalue weighted by Gasteiger charge is -2.24. The standard InChI is InChI=1S/C20H22N4O5S/c25-10-9-24(13-15(26)12-23-8-7-14-3-1-2-4-19(14)23)30(28,29)16-5-6-17-18(11-16)22-20(27)21-17/h1-8,11,15,25-26H,9-10,12-13H2,(H2,21,22,27). The summed E-state index contributed by atoms with van der Waals surface area (Å²) in [5, 5.41) is 21.0. The molecule has 0 fully saturated rings. The van der Waals surface area contributed by atoms with Crippen LogP contribution in [0.15, 0.2) is 64.4 Å². The van der Waals surface area contributed by atoms with Gasteiger partial charge < -0.3 is 24.7 Å². The van der Waals surface area contributed by atoms with Crippen molar-refractivity contribution in [3.63, 3.8) is 0 Å². The summed E-state index contributed by atoms with van der Waals surface area (Å²) in [6.45, 7) is -0.526. The molecule has 4 rings (SSSR count). The van der Waals surface area contributed by atoms with E-state index in [1.54, 1.807) is 0 Å². The van der Waals surface area contributed by atoms with Crippen molar-refractivity contribution in [1.29, 1.82) is 0 Å². The van der Waals surface area contributed by atoms with Crippen LogP contribution in [-0.4, -0.2) is 63.3 Å². The molecule has 0 saturated heterocycles. The second-order valence-corrected chi connectivity index (χ2v) is 8.99. The Balaban J connectivity index is 1.57. The molecule has 4 N–H and O–H groups in total. The molecule has 10 heteroatoms. The maximum Gasteiger partial charge on any atom is 0.323 e. The molecule has 0 radical (unpaired) electrons. The van der Waals surface area contributed by atoms with E-state index in [9.17, 15) is 23.4 Å². The Bertz CT molecular complexity index is 1340. The van der Waals surface area contributed by atoms with Gasteiger partial charge in [-0.15, -0.1) is 0 Å². The predicted molar refractivity (Wildman–Crippen MR) is 113 cm³/mol. The minimum Gasteiger partial charge on any atom is -0.395 e. The second-order valence-electron chi connectivity index (χ2n) is 7.05. The van der Waals surface area contributed by atoms with Crippen molar-refractivity contribution < 1.29 is 18.6 Å². The molecule has 0 amide bonds. The lowest BCUT2D eigenvalue weighted by atomic mass is 10.2. The number of para-hydroxylation sites is 1. The van der Waals surface area contributed by atoms with E-state index in [4.69, 9.17) is 0 Å². The minimum absolute atomic E-state index is 0.0303. The lowest BCUT2D eigenvalue weighted by Crippen LogP contribution is -2.40. The predicted octanol–water partition coefficient (Wildman–Crippen LogP) is 0.855. The number of H-pyrrole nitrogens is 2. The number of aromatic nitrogens is 3. The molecule has 4 aromatic rings. The first-order valence-electron chi connectivity index (χ1n) is 9.43. The van der Waals surface area contributed by atoms with Crippen molar-refractivity contribution in [3.8, 4) is 0 Å². The van der Waals surface area contributed by atoms with Crippen molar-refractivity contribution in [2.75, 3.05) is 19.7 Å². The van der Waals surface area contributed by atoms with Gasteiger partial charge in [0.25, 0.3) is 0 Å². The monoisotopic (exact) mass is 430 g/mol. The van der Waals surface area contributed by atoms with Crippen LogP contribution in [0.3, 0.4) is 0 Å². The van der Waals surface area contributed by atoms with E-state index in [0.717, 1.165) is 15.2 Å². The lowest BCUT2D eigenvalue weighted by molar-refractivity contribution is 0.122. The molecular weight excluding hydrogens is 408 g/mol. The zero-order chi connectivity index (χ0) is 21.3. The van der Waals surface area contributed by atoms with Crippen LogP contribution < -0.4 is 5.69 Å². The molecule has 1 unspecified atom stereocenters. The number of hydrogen-bond acceptors (Lipinski definition) is 5. The van der Waals surface area contributed by atoms with E-state index >= 15 is 0 Å². The third-order valence-electron chi connectivity index (χ3n) is 4.98. The Morgan fingerprint density at radius 3 is 2.63 bits per heavy atom. The molecule has 30 heavy (non-hydrogen) atoms. The summed E-state index contributed by atoms with van der Waals surface area (Å²) in [6.07, 6.45) is 0.854. The number of nitrogens with one attached hydrogen (secondary N) is 2. The molecule has 0 saturated carbocycles. The highest BCUT2D eigenvalue weighted by Crippen LogP contribution is 2.20. The number of aromatic amines is 2. The quantitative estimate of drug-likeness (QED) is 0.329. The smallest absolute Gasteiger partial charge is 0.323 e. The van der Waals surface area contributed by atoms with Gasteiger partial charge in [-0.2, -0.15) is 4.31 Å². The average Bonchev–Trinajstić information content (AvgIpc) is 3.29. The zero-order valence-electron chi connectivity index (χ0n) is 16.0. The van der Waals surface area contributed by atoms with E-state index in [0.29, 0.717) is 11.0 Å². The van der Waals surface area contributed by atoms with E-state index in [1.165, 1.54) is 18.2 Å². The van der Waals surface area contributed by atoms with Crippen LogP contribution in [0.25, 0.3) is 21.9 Å². The number of fused-ring (bicyclic) bond motifs is 2. The first kappa shape index (κ1) is 20.4. The number of rotatable bonds is 8. The van der Waals surface area contributed by atoms with E-state index in [2.05, 4.69) is 9.97 Å². The van der Waals surface area contributed by atoms with Crippen LogP contribution in [-0.2, 0) is 16.6 Å². The molecule has 1 atom stereocenters. The minimum atomic E-state index is -3.99. The number of aliphatic hydroxyl groups is 2. The molecule has 158 valence electrons. The Morgan fingerprint density at radius 1 is 1.07 bits per heavy atom. The molecule has 0 spiro atoms. The van der Waals surface area contributed by atoms with Gasteiger partial charge in [0, 0.05) is 31.3 Å². The number of imidazole rings is 1. The van der Waals surface area contributed by atoms with Gasteiger partial charge in [-0.3, -0.25) is 0 Å². The average molecular weight is 430 g/mol. The van der Waals surface area contributed by atoms with Gasteiger partial charge in [-0.1, -0.05) is 18.2 Å². The molecule has 0 aliphatic rings.